The third-order valence-electron chi connectivity index (χ3n) is 3.57. The van der Waals surface area contributed by atoms with E-state index in [4.69, 9.17) is 0 Å². The van der Waals surface area contributed by atoms with Crippen LogP contribution in [0.25, 0.3) is 0 Å². The van der Waals surface area contributed by atoms with Crippen LogP contribution in [-0.4, -0.2) is 55.5 Å². The van der Waals surface area contributed by atoms with Crippen molar-refractivity contribution in [2.75, 3.05) is 24.6 Å². The largest absolute Gasteiger partial charge is 0.311 e. The normalized spacial score (nSPS) is 35.7. The minimum Gasteiger partial charge on any atom is -0.311 e. The van der Waals surface area contributed by atoms with Crippen molar-refractivity contribution in [2.24, 2.45) is 0 Å². The highest BCUT2D eigenvalue weighted by atomic mass is 32.2. The standard InChI is InChI=1S/C11H22N2O2S/c1-11(2,3)13-6-4-5-12-9-7-16(14,15)8-10(9)13/h9-10,12H,4-8H2,1-3H3. The number of sulfone groups is 1. The first-order chi connectivity index (χ1) is 7.30. The van der Waals surface area contributed by atoms with Gasteiger partial charge in [-0.3, -0.25) is 4.90 Å². The zero-order valence-electron chi connectivity index (χ0n) is 10.4. The van der Waals surface area contributed by atoms with Crippen LogP contribution in [0.2, 0.25) is 0 Å². The predicted octanol–water partition coefficient (Wildman–Crippen LogP) is 0.246. The molecule has 0 radical (unpaired) electrons. The molecule has 1 N–H and O–H groups in total. The molecule has 2 rings (SSSR count). The molecule has 0 aromatic rings. The van der Waals surface area contributed by atoms with E-state index in [0.29, 0.717) is 11.5 Å². The lowest BCUT2D eigenvalue weighted by atomic mass is 10.0. The smallest absolute Gasteiger partial charge is 0.153 e. The Kier molecular flexibility index (Phi) is 3.05. The summed E-state index contributed by atoms with van der Waals surface area (Å²) >= 11 is 0. The summed E-state index contributed by atoms with van der Waals surface area (Å²) in [5, 5.41) is 3.38. The molecule has 16 heavy (non-hydrogen) atoms. The number of fused-ring (bicyclic) bond motifs is 1. The van der Waals surface area contributed by atoms with E-state index in [2.05, 4.69) is 31.0 Å². The maximum atomic E-state index is 11.7. The van der Waals surface area contributed by atoms with E-state index in [-0.39, 0.29) is 17.6 Å². The van der Waals surface area contributed by atoms with Crippen LogP contribution in [0.15, 0.2) is 0 Å². The Morgan fingerprint density at radius 1 is 1.25 bits per heavy atom. The highest BCUT2D eigenvalue weighted by Gasteiger charge is 2.44. The molecule has 0 bridgehead atoms. The summed E-state index contributed by atoms with van der Waals surface area (Å²) in [6, 6.07) is 0.291. The number of hydrogen-bond donors (Lipinski definition) is 1. The van der Waals surface area contributed by atoms with Crippen LogP contribution in [0.3, 0.4) is 0 Å². The van der Waals surface area contributed by atoms with Gasteiger partial charge in [-0.2, -0.15) is 0 Å². The third kappa shape index (κ3) is 2.41. The van der Waals surface area contributed by atoms with Crippen LogP contribution in [0.4, 0.5) is 0 Å². The lowest BCUT2D eigenvalue weighted by molar-refractivity contribution is 0.0914. The van der Waals surface area contributed by atoms with E-state index in [0.717, 1.165) is 19.5 Å². The molecule has 2 heterocycles. The maximum Gasteiger partial charge on any atom is 0.153 e. The molecule has 2 fully saturated rings. The van der Waals surface area contributed by atoms with Gasteiger partial charge in [0, 0.05) is 24.2 Å². The van der Waals surface area contributed by atoms with Crippen molar-refractivity contribution in [1.82, 2.24) is 10.2 Å². The lowest BCUT2D eigenvalue weighted by Gasteiger charge is -2.40. The molecule has 0 aromatic carbocycles. The quantitative estimate of drug-likeness (QED) is 0.665. The van der Waals surface area contributed by atoms with E-state index in [9.17, 15) is 8.42 Å². The van der Waals surface area contributed by atoms with Gasteiger partial charge in [0.2, 0.25) is 0 Å². The molecule has 4 nitrogen and oxygen atoms in total. The van der Waals surface area contributed by atoms with Gasteiger partial charge in [-0.05, 0) is 33.7 Å². The van der Waals surface area contributed by atoms with Crippen molar-refractivity contribution >= 4 is 9.84 Å². The number of nitrogens with zero attached hydrogens (tertiary/aromatic N) is 1. The molecule has 2 saturated heterocycles. The minimum absolute atomic E-state index is 0.0504. The van der Waals surface area contributed by atoms with Gasteiger partial charge in [0.15, 0.2) is 9.84 Å². The molecule has 2 atom stereocenters. The fraction of sp³-hybridized carbons (Fsp3) is 1.00. The first kappa shape index (κ1) is 12.3. The van der Waals surface area contributed by atoms with Crippen molar-refractivity contribution in [3.63, 3.8) is 0 Å². The van der Waals surface area contributed by atoms with Gasteiger partial charge in [0.1, 0.15) is 0 Å². The molecule has 0 saturated carbocycles. The van der Waals surface area contributed by atoms with Crippen LogP contribution in [0.5, 0.6) is 0 Å². The van der Waals surface area contributed by atoms with Gasteiger partial charge in [-0.1, -0.05) is 0 Å². The summed E-state index contributed by atoms with van der Waals surface area (Å²) in [4.78, 5) is 2.36. The van der Waals surface area contributed by atoms with E-state index in [1.165, 1.54) is 0 Å². The molecule has 2 aliphatic heterocycles. The van der Waals surface area contributed by atoms with Gasteiger partial charge in [0.05, 0.1) is 11.5 Å². The van der Waals surface area contributed by atoms with Gasteiger partial charge in [-0.25, -0.2) is 8.42 Å². The third-order valence-corrected chi connectivity index (χ3v) is 5.28. The molecule has 0 spiro atoms. The Bertz CT molecular complexity index is 359. The molecular weight excluding hydrogens is 224 g/mol. The van der Waals surface area contributed by atoms with Crippen molar-refractivity contribution in [2.45, 2.75) is 44.8 Å². The summed E-state index contributed by atoms with van der Waals surface area (Å²) in [7, 11) is -2.84. The zero-order chi connectivity index (χ0) is 12.0. The fourth-order valence-corrected chi connectivity index (χ4v) is 4.82. The molecule has 0 aromatic heterocycles. The maximum absolute atomic E-state index is 11.7. The Morgan fingerprint density at radius 3 is 2.56 bits per heavy atom. The molecule has 5 heteroatoms. The second-order valence-electron chi connectivity index (χ2n) is 5.92. The molecule has 94 valence electrons. The highest BCUT2D eigenvalue weighted by molar-refractivity contribution is 7.91. The Balaban J connectivity index is 2.26. The van der Waals surface area contributed by atoms with Crippen molar-refractivity contribution in [3.05, 3.63) is 0 Å². The van der Waals surface area contributed by atoms with Crippen LogP contribution in [0.1, 0.15) is 27.2 Å². The van der Waals surface area contributed by atoms with Gasteiger partial charge >= 0.3 is 0 Å². The first-order valence-electron chi connectivity index (χ1n) is 6.00. The lowest BCUT2D eigenvalue weighted by Crippen LogP contribution is -2.54. The van der Waals surface area contributed by atoms with Gasteiger partial charge in [-0.15, -0.1) is 0 Å². The molecular formula is C11H22N2O2S. The summed E-state index contributed by atoms with van der Waals surface area (Å²) in [5.74, 6) is 0.631. The molecule has 2 unspecified atom stereocenters. The summed E-state index contributed by atoms with van der Waals surface area (Å²) < 4.78 is 23.4. The second kappa shape index (κ2) is 3.96. The Morgan fingerprint density at radius 2 is 1.94 bits per heavy atom. The van der Waals surface area contributed by atoms with Crippen molar-refractivity contribution < 1.29 is 8.42 Å². The summed E-state index contributed by atoms with van der Waals surface area (Å²) in [6.07, 6.45) is 1.10. The SMILES string of the molecule is CC(C)(C)N1CCCNC2CS(=O)(=O)CC21. The van der Waals surface area contributed by atoms with Crippen LogP contribution >= 0.6 is 0 Å². The van der Waals surface area contributed by atoms with E-state index < -0.39 is 9.84 Å². The van der Waals surface area contributed by atoms with Crippen LogP contribution < -0.4 is 5.32 Å². The highest BCUT2D eigenvalue weighted by Crippen LogP contribution is 2.27. The summed E-state index contributed by atoms with van der Waals surface area (Å²) in [6.45, 7) is 8.43. The average Bonchev–Trinajstić information content (AvgIpc) is 2.28. The Labute approximate surface area is 98.3 Å². The van der Waals surface area contributed by atoms with Crippen molar-refractivity contribution in [1.29, 1.82) is 0 Å². The number of nitrogens with one attached hydrogen (secondary N) is 1. The van der Waals surface area contributed by atoms with Crippen LogP contribution in [0, 0.1) is 0 Å². The average molecular weight is 246 g/mol. The van der Waals surface area contributed by atoms with Gasteiger partial charge in [0.25, 0.3) is 0 Å². The fourth-order valence-electron chi connectivity index (χ4n) is 2.87. The molecule has 2 aliphatic rings. The number of hydrogen-bond acceptors (Lipinski definition) is 4. The molecule has 0 aliphatic carbocycles. The second-order valence-corrected chi connectivity index (χ2v) is 8.08. The predicted molar refractivity (Wildman–Crippen MR) is 65.3 cm³/mol. The topological polar surface area (TPSA) is 49.4 Å². The van der Waals surface area contributed by atoms with Crippen molar-refractivity contribution in [3.8, 4) is 0 Å². The van der Waals surface area contributed by atoms with E-state index >= 15 is 0 Å². The zero-order valence-corrected chi connectivity index (χ0v) is 11.2. The van der Waals surface area contributed by atoms with Gasteiger partial charge < -0.3 is 5.32 Å². The number of rotatable bonds is 0. The first-order valence-corrected chi connectivity index (χ1v) is 7.82. The van der Waals surface area contributed by atoms with Crippen LogP contribution in [-0.2, 0) is 9.84 Å². The van der Waals surface area contributed by atoms with E-state index in [1.54, 1.807) is 0 Å². The molecule has 0 amide bonds. The Hall–Kier alpha value is -0.130. The summed E-state index contributed by atoms with van der Waals surface area (Å²) in [5.41, 5.74) is 0.0504. The minimum atomic E-state index is -2.84. The van der Waals surface area contributed by atoms with E-state index in [1.807, 2.05) is 0 Å². The monoisotopic (exact) mass is 246 g/mol.